The van der Waals surface area contributed by atoms with Gasteiger partial charge in [-0.2, -0.15) is 4.31 Å². The molecule has 0 saturated carbocycles. The van der Waals surface area contributed by atoms with Crippen LogP contribution in [0.3, 0.4) is 0 Å². The van der Waals surface area contributed by atoms with E-state index >= 15 is 0 Å². The normalized spacial score (nSPS) is 19.9. The highest BCUT2D eigenvalue weighted by molar-refractivity contribution is 7.89. The highest BCUT2D eigenvalue weighted by atomic mass is 32.2. The van der Waals surface area contributed by atoms with E-state index in [4.69, 9.17) is 0 Å². The number of nitrogens with zero attached hydrogens (tertiary/aromatic N) is 2. The summed E-state index contributed by atoms with van der Waals surface area (Å²) in [6.07, 6.45) is 4.53. The minimum Gasteiger partial charge on any atom is -0.373 e. The molecule has 0 amide bonds. The van der Waals surface area contributed by atoms with Crippen molar-refractivity contribution in [2.45, 2.75) is 43.0 Å². The molecule has 7 nitrogen and oxygen atoms in total. The fraction of sp³-hybridized carbons (Fsp3) is 0.400. The first kappa shape index (κ1) is 18.9. The molecule has 1 atom stereocenters. The molecule has 2 aliphatic rings. The van der Waals surface area contributed by atoms with Gasteiger partial charge in [0, 0.05) is 19.2 Å². The lowest BCUT2D eigenvalue weighted by atomic mass is 9.87. The SMILES string of the molecule is O=[N+]([O-])c1cc(S(=O)(=O)N2CCCC2)ccc1N[C@@H]1CCCc2ccccc21. The van der Waals surface area contributed by atoms with Crippen LogP contribution >= 0.6 is 0 Å². The monoisotopic (exact) mass is 401 g/mol. The van der Waals surface area contributed by atoms with Gasteiger partial charge >= 0.3 is 0 Å². The Labute approximate surface area is 164 Å². The predicted octanol–water partition coefficient (Wildman–Crippen LogP) is 3.87. The molecule has 148 valence electrons. The van der Waals surface area contributed by atoms with Crippen molar-refractivity contribution < 1.29 is 13.3 Å². The minimum atomic E-state index is -3.69. The van der Waals surface area contributed by atoms with Gasteiger partial charge in [0.2, 0.25) is 10.0 Å². The number of fused-ring (bicyclic) bond motifs is 1. The Hall–Kier alpha value is -2.45. The van der Waals surface area contributed by atoms with Crippen molar-refractivity contribution in [1.82, 2.24) is 4.31 Å². The van der Waals surface area contributed by atoms with Gasteiger partial charge in [-0.05, 0) is 55.4 Å². The molecule has 1 heterocycles. The minimum absolute atomic E-state index is 0.0179. The van der Waals surface area contributed by atoms with E-state index in [-0.39, 0.29) is 16.6 Å². The van der Waals surface area contributed by atoms with Gasteiger partial charge in [-0.3, -0.25) is 10.1 Å². The van der Waals surface area contributed by atoms with Gasteiger partial charge in [0.05, 0.1) is 15.9 Å². The van der Waals surface area contributed by atoms with Gasteiger partial charge in [0.15, 0.2) is 0 Å². The topological polar surface area (TPSA) is 92.5 Å². The number of rotatable bonds is 5. The molecule has 1 saturated heterocycles. The number of nitro groups is 1. The summed E-state index contributed by atoms with van der Waals surface area (Å²) in [6.45, 7) is 0.935. The van der Waals surface area contributed by atoms with Crippen molar-refractivity contribution in [3.63, 3.8) is 0 Å². The molecule has 2 aromatic carbocycles. The Morgan fingerprint density at radius 3 is 2.57 bits per heavy atom. The van der Waals surface area contributed by atoms with Gasteiger partial charge in [-0.1, -0.05) is 24.3 Å². The van der Waals surface area contributed by atoms with E-state index in [1.807, 2.05) is 18.2 Å². The maximum atomic E-state index is 12.8. The van der Waals surface area contributed by atoms with Crippen LogP contribution in [0, 0.1) is 10.1 Å². The predicted molar refractivity (Wildman–Crippen MR) is 107 cm³/mol. The zero-order chi connectivity index (χ0) is 19.7. The summed E-state index contributed by atoms with van der Waals surface area (Å²) in [7, 11) is -3.69. The summed E-state index contributed by atoms with van der Waals surface area (Å²) >= 11 is 0. The van der Waals surface area contributed by atoms with Gasteiger partial charge in [0.1, 0.15) is 5.69 Å². The lowest BCUT2D eigenvalue weighted by Crippen LogP contribution is -2.28. The maximum absolute atomic E-state index is 12.8. The van der Waals surface area contributed by atoms with Crippen LogP contribution in [-0.4, -0.2) is 30.7 Å². The molecule has 4 rings (SSSR count). The molecule has 0 aromatic heterocycles. The van der Waals surface area contributed by atoms with Gasteiger partial charge < -0.3 is 5.32 Å². The average Bonchev–Trinajstić information content (AvgIpc) is 3.24. The quantitative estimate of drug-likeness (QED) is 0.606. The lowest BCUT2D eigenvalue weighted by molar-refractivity contribution is -0.384. The van der Waals surface area contributed by atoms with Crippen LogP contribution in [-0.2, 0) is 16.4 Å². The van der Waals surface area contributed by atoms with E-state index in [0.29, 0.717) is 18.8 Å². The Morgan fingerprint density at radius 2 is 1.82 bits per heavy atom. The van der Waals surface area contributed by atoms with E-state index in [1.165, 1.54) is 28.1 Å². The Kier molecular flexibility index (Phi) is 5.07. The lowest BCUT2D eigenvalue weighted by Gasteiger charge is -2.27. The molecule has 1 aliphatic carbocycles. The first-order valence-corrected chi connectivity index (χ1v) is 11.0. The van der Waals surface area contributed by atoms with Crippen LogP contribution in [0.5, 0.6) is 0 Å². The summed E-state index contributed by atoms with van der Waals surface area (Å²) in [6, 6.07) is 12.3. The molecule has 28 heavy (non-hydrogen) atoms. The second-order valence-electron chi connectivity index (χ2n) is 7.34. The standard InChI is InChI=1S/C20H23N3O4S/c24-23(25)20-14-16(28(26,27)22-12-3-4-13-22)10-11-19(20)21-18-9-5-7-15-6-1-2-8-17(15)18/h1-2,6,8,10-11,14,18,21H,3-5,7,9,12-13H2/t18-/m1/s1. The van der Waals surface area contributed by atoms with Crippen molar-refractivity contribution in [1.29, 1.82) is 0 Å². The van der Waals surface area contributed by atoms with Crippen LogP contribution in [0.4, 0.5) is 11.4 Å². The summed E-state index contributed by atoms with van der Waals surface area (Å²) in [5.41, 5.74) is 2.55. The third-order valence-electron chi connectivity index (χ3n) is 5.57. The van der Waals surface area contributed by atoms with Crippen molar-refractivity contribution in [3.8, 4) is 0 Å². The first-order valence-electron chi connectivity index (χ1n) is 9.60. The number of benzene rings is 2. The zero-order valence-corrected chi connectivity index (χ0v) is 16.3. The van der Waals surface area contributed by atoms with E-state index in [2.05, 4.69) is 11.4 Å². The van der Waals surface area contributed by atoms with Gasteiger partial charge in [-0.15, -0.1) is 0 Å². The third-order valence-corrected chi connectivity index (χ3v) is 7.46. The van der Waals surface area contributed by atoms with Crippen LogP contribution in [0.1, 0.15) is 42.9 Å². The molecule has 1 N–H and O–H groups in total. The number of sulfonamides is 1. The smallest absolute Gasteiger partial charge is 0.293 e. The number of aryl methyl sites for hydroxylation is 1. The van der Waals surface area contributed by atoms with Crippen LogP contribution in [0.25, 0.3) is 0 Å². The largest absolute Gasteiger partial charge is 0.373 e. The van der Waals surface area contributed by atoms with Crippen molar-refractivity contribution in [2.24, 2.45) is 0 Å². The second kappa shape index (κ2) is 7.52. The molecule has 1 aliphatic heterocycles. The Balaban J connectivity index is 1.66. The van der Waals surface area contributed by atoms with E-state index in [1.54, 1.807) is 0 Å². The second-order valence-corrected chi connectivity index (χ2v) is 9.27. The number of anilines is 1. The fourth-order valence-electron chi connectivity index (χ4n) is 4.11. The molecule has 0 radical (unpaired) electrons. The number of nitro benzene ring substituents is 1. The molecule has 0 bridgehead atoms. The van der Waals surface area contributed by atoms with E-state index < -0.39 is 14.9 Å². The van der Waals surface area contributed by atoms with E-state index in [9.17, 15) is 18.5 Å². The maximum Gasteiger partial charge on any atom is 0.293 e. The van der Waals surface area contributed by atoms with Crippen LogP contribution in [0.15, 0.2) is 47.4 Å². The fourth-order valence-corrected chi connectivity index (χ4v) is 5.65. The first-order chi connectivity index (χ1) is 13.5. The molecule has 0 spiro atoms. The Bertz CT molecular complexity index is 1000. The third kappa shape index (κ3) is 3.49. The highest BCUT2D eigenvalue weighted by Gasteiger charge is 2.30. The molecule has 0 unspecified atom stereocenters. The number of hydrogen-bond acceptors (Lipinski definition) is 5. The summed E-state index contributed by atoms with van der Waals surface area (Å²) in [5.74, 6) is 0. The van der Waals surface area contributed by atoms with Crippen molar-refractivity contribution >= 4 is 21.4 Å². The van der Waals surface area contributed by atoms with E-state index in [0.717, 1.165) is 37.7 Å². The zero-order valence-electron chi connectivity index (χ0n) is 15.5. The molecular formula is C20H23N3O4S. The van der Waals surface area contributed by atoms with Gasteiger partial charge in [-0.25, -0.2) is 8.42 Å². The van der Waals surface area contributed by atoms with Gasteiger partial charge in [0.25, 0.3) is 5.69 Å². The average molecular weight is 401 g/mol. The summed E-state index contributed by atoms with van der Waals surface area (Å²) in [5, 5.41) is 15.0. The Morgan fingerprint density at radius 1 is 1.07 bits per heavy atom. The number of nitrogens with one attached hydrogen (secondary N) is 1. The molecule has 1 fully saturated rings. The van der Waals surface area contributed by atoms with Crippen molar-refractivity contribution in [2.75, 3.05) is 18.4 Å². The highest BCUT2D eigenvalue weighted by Crippen LogP contribution is 2.36. The number of hydrogen-bond donors (Lipinski definition) is 1. The van der Waals surface area contributed by atoms with Crippen molar-refractivity contribution in [3.05, 3.63) is 63.7 Å². The van der Waals surface area contributed by atoms with Crippen LogP contribution < -0.4 is 5.32 Å². The molecular weight excluding hydrogens is 378 g/mol. The summed E-state index contributed by atoms with van der Waals surface area (Å²) < 4.78 is 26.9. The van der Waals surface area contributed by atoms with Crippen LogP contribution in [0.2, 0.25) is 0 Å². The molecule has 8 heteroatoms. The summed E-state index contributed by atoms with van der Waals surface area (Å²) in [4.78, 5) is 11.1. The molecule has 2 aromatic rings.